The molecule has 0 fully saturated rings. The van der Waals surface area contributed by atoms with Crippen LogP contribution >= 0.6 is 0 Å². The van der Waals surface area contributed by atoms with Crippen LogP contribution in [0.2, 0.25) is 0 Å². The van der Waals surface area contributed by atoms with Crippen molar-refractivity contribution in [2.75, 3.05) is 0 Å². The summed E-state index contributed by atoms with van der Waals surface area (Å²) >= 11 is 0. The number of rotatable bonds is 1. The Morgan fingerprint density at radius 3 is 2.15 bits per heavy atom. The monoisotopic (exact) mass is 435 g/mol. The number of fused-ring (bicyclic) bond motifs is 12. The van der Waals surface area contributed by atoms with Crippen LogP contribution in [0, 0.1) is 0 Å². The van der Waals surface area contributed by atoms with E-state index in [2.05, 4.69) is 82.3 Å². The zero-order valence-electron chi connectivity index (χ0n) is 18.1. The fraction of sp³-hybridized carbons (Fsp3) is 0. The predicted molar refractivity (Wildman–Crippen MR) is 139 cm³/mol. The Bertz CT molecular complexity index is 2070. The van der Waals surface area contributed by atoms with Gasteiger partial charge < -0.3 is 4.42 Å². The van der Waals surface area contributed by atoms with Gasteiger partial charge in [-0.2, -0.15) is 0 Å². The van der Waals surface area contributed by atoms with Gasteiger partial charge in [0.15, 0.2) is 11.4 Å². The summed E-state index contributed by atoms with van der Waals surface area (Å²) in [7, 11) is 0. The molecule has 5 aromatic carbocycles. The Hall–Kier alpha value is -4.70. The Morgan fingerprint density at radius 1 is 0.588 bits per heavy atom. The second kappa shape index (κ2) is 6.42. The molecule has 0 bridgehead atoms. The van der Waals surface area contributed by atoms with Crippen molar-refractivity contribution in [3.63, 3.8) is 0 Å². The molecule has 0 saturated heterocycles. The number of hydrogen-bond acceptors (Lipinski definition) is 3. The van der Waals surface area contributed by atoms with Gasteiger partial charge in [-0.25, -0.2) is 4.98 Å². The van der Waals surface area contributed by atoms with E-state index in [1.54, 1.807) is 12.4 Å². The lowest BCUT2D eigenvalue weighted by atomic mass is 9.98. The van der Waals surface area contributed by atoms with Crippen LogP contribution < -0.4 is 0 Å². The van der Waals surface area contributed by atoms with E-state index in [1.807, 2.05) is 18.3 Å². The molecule has 34 heavy (non-hydrogen) atoms. The Balaban J connectivity index is 1.79. The van der Waals surface area contributed by atoms with E-state index in [-0.39, 0.29) is 0 Å². The predicted octanol–water partition coefficient (Wildman–Crippen LogP) is 7.78. The number of aromatic nitrogens is 3. The van der Waals surface area contributed by atoms with E-state index < -0.39 is 0 Å². The van der Waals surface area contributed by atoms with Crippen molar-refractivity contribution in [2.45, 2.75) is 0 Å². The van der Waals surface area contributed by atoms with E-state index in [0.717, 1.165) is 38.8 Å². The summed E-state index contributed by atoms with van der Waals surface area (Å²) in [6, 6.07) is 29.9. The minimum absolute atomic E-state index is 0.774. The first-order chi connectivity index (χ1) is 16.9. The van der Waals surface area contributed by atoms with Crippen molar-refractivity contribution in [2.24, 2.45) is 0 Å². The minimum Gasteiger partial charge on any atom is -0.454 e. The molecule has 0 aliphatic rings. The van der Waals surface area contributed by atoms with Crippen LogP contribution in [0.15, 0.2) is 108 Å². The smallest absolute Gasteiger partial charge is 0.160 e. The molecular weight excluding hydrogens is 418 g/mol. The second-order valence-corrected chi connectivity index (χ2v) is 8.65. The van der Waals surface area contributed by atoms with Crippen molar-refractivity contribution in [1.82, 2.24) is 14.5 Å². The molecule has 4 nitrogen and oxygen atoms in total. The zero-order chi connectivity index (χ0) is 22.2. The Labute approximate surface area is 193 Å². The van der Waals surface area contributed by atoms with Gasteiger partial charge in [-0.15, -0.1) is 0 Å². The quantitative estimate of drug-likeness (QED) is 0.264. The van der Waals surface area contributed by atoms with E-state index in [0.29, 0.717) is 0 Å². The van der Waals surface area contributed by atoms with Gasteiger partial charge in [0.25, 0.3) is 0 Å². The molecule has 0 saturated carbocycles. The largest absolute Gasteiger partial charge is 0.454 e. The van der Waals surface area contributed by atoms with Gasteiger partial charge >= 0.3 is 0 Å². The van der Waals surface area contributed by atoms with E-state index in [1.165, 1.54) is 32.3 Å². The van der Waals surface area contributed by atoms with E-state index >= 15 is 0 Å². The van der Waals surface area contributed by atoms with Crippen molar-refractivity contribution < 1.29 is 4.42 Å². The molecule has 0 atom stereocenters. The number of furan rings is 1. The molecule has 0 aliphatic heterocycles. The van der Waals surface area contributed by atoms with Gasteiger partial charge in [-0.1, -0.05) is 78.9 Å². The third-order valence-electron chi connectivity index (χ3n) is 6.91. The van der Waals surface area contributed by atoms with Gasteiger partial charge in [0.2, 0.25) is 0 Å². The molecule has 158 valence electrons. The third kappa shape index (κ3) is 2.17. The highest BCUT2D eigenvalue weighted by Crippen LogP contribution is 2.46. The molecule has 0 aliphatic carbocycles. The van der Waals surface area contributed by atoms with E-state index in [4.69, 9.17) is 9.40 Å². The van der Waals surface area contributed by atoms with E-state index in [9.17, 15) is 0 Å². The summed E-state index contributed by atoms with van der Waals surface area (Å²) < 4.78 is 8.84. The van der Waals surface area contributed by atoms with Crippen LogP contribution in [0.5, 0.6) is 0 Å². The Kier molecular flexibility index (Phi) is 3.36. The van der Waals surface area contributed by atoms with Crippen LogP contribution in [-0.2, 0) is 0 Å². The topological polar surface area (TPSA) is 43.9 Å². The highest BCUT2D eigenvalue weighted by molar-refractivity contribution is 6.36. The fourth-order valence-electron chi connectivity index (χ4n) is 5.57. The molecule has 0 N–H and O–H groups in total. The van der Waals surface area contributed by atoms with Crippen LogP contribution in [0.4, 0.5) is 0 Å². The number of benzene rings is 5. The average Bonchev–Trinajstić information content (AvgIpc) is 3.46. The molecule has 8 aromatic rings. The standard InChI is InChI=1S/C30H17N3O/c1-2-8-19-18(7-1)13-14-23-26-20-9-3-4-10-21(20)27-22-11-5-6-12-24(22)34-30(27)29(26)33(28(19)23)25-17-31-15-16-32-25/h1-17H. The lowest BCUT2D eigenvalue weighted by Crippen LogP contribution is -1.98. The van der Waals surface area contributed by atoms with Gasteiger partial charge in [-0.05, 0) is 22.2 Å². The summed E-state index contributed by atoms with van der Waals surface area (Å²) in [4.78, 5) is 9.13. The number of para-hydroxylation sites is 1. The molecule has 3 heterocycles. The summed E-state index contributed by atoms with van der Waals surface area (Å²) in [6.45, 7) is 0. The molecular formula is C30H17N3O. The van der Waals surface area contributed by atoms with Crippen molar-refractivity contribution in [3.8, 4) is 5.82 Å². The van der Waals surface area contributed by atoms with Gasteiger partial charge in [0, 0.05) is 39.3 Å². The maximum Gasteiger partial charge on any atom is 0.160 e. The molecule has 0 spiro atoms. The van der Waals surface area contributed by atoms with Crippen LogP contribution in [0.3, 0.4) is 0 Å². The summed E-state index contributed by atoms with van der Waals surface area (Å²) in [5.74, 6) is 0.774. The highest BCUT2D eigenvalue weighted by atomic mass is 16.3. The zero-order valence-corrected chi connectivity index (χ0v) is 18.1. The molecule has 0 radical (unpaired) electrons. The Morgan fingerprint density at radius 2 is 1.32 bits per heavy atom. The maximum absolute atomic E-state index is 6.61. The molecule has 0 amide bonds. The molecule has 8 rings (SSSR count). The normalized spacial score (nSPS) is 12.1. The minimum atomic E-state index is 0.774. The van der Waals surface area contributed by atoms with Crippen LogP contribution in [0.1, 0.15) is 0 Å². The van der Waals surface area contributed by atoms with Gasteiger partial charge in [-0.3, -0.25) is 9.55 Å². The van der Waals surface area contributed by atoms with Gasteiger partial charge in [0.1, 0.15) is 5.58 Å². The fourth-order valence-corrected chi connectivity index (χ4v) is 5.57. The first kappa shape index (κ1) is 17.8. The summed E-state index contributed by atoms with van der Waals surface area (Å²) in [5, 5.41) is 9.38. The van der Waals surface area contributed by atoms with Crippen LogP contribution in [-0.4, -0.2) is 14.5 Å². The molecule has 4 heteroatoms. The lowest BCUT2D eigenvalue weighted by molar-refractivity contribution is 0.671. The molecule has 0 unspecified atom stereocenters. The SMILES string of the molecule is c1ccc2c(c1)ccc1c3c4ccccc4c4c5ccccc5oc4c3n(-c3cnccn3)c21. The highest BCUT2D eigenvalue weighted by Gasteiger charge is 2.24. The third-order valence-corrected chi connectivity index (χ3v) is 6.91. The van der Waals surface area contributed by atoms with Crippen molar-refractivity contribution in [1.29, 1.82) is 0 Å². The first-order valence-electron chi connectivity index (χ1n) is 11.3. The average molecular weight is 435 g/mol. The second-order valence-electron chi connectivity index (χ2n) is 8.65. The summed E-state index contributed by atoms with van der Waals surface area (Å²) in [5.41, 5.74) is 3.90. The van der Waals surface area contributed by atoms with Crippen molar-refractivity contribution >= 4 is 65.3 Å². The maximum atomic E-state index is 6.61. The van der Waals surface area contributed by atoms with Gasteiger partial charge in [0.05, 0.1) is 17.2 Å². The first-order valence-corrected chi connectivity index (χ1v) is 11.3. The van der Waals surface area contributed by atoms with Crippen LogP contribution in [0.25, 0.3) is 71.1 Å². The number of hydrogen-bond donors (Lipinski definition) is 0. The summed E-state index contributed by atoms with van der Waals surface area (Å²) in [6.07, 6.45) is 5.28. The van der Waals surface area contributed by atoms with Crippen molar-refractivity contribution in [3.05, 3.63) is 104 Å². The molecule has 3 aromatic heterocycles. The lowest BCUT2D eigenvalue weighted by Gasteiger charge is -2.09. The number of nitrogens with zero attached hydrogens (tertiary/aromatic N) is 3.